The van der Waals surface area contributed by atoms with Gasteiger partial charge in [0.15, 0.2) is 12.1 Å². The molecule has 2 aliphatic heterocycles. The maximum absolute atomic E-state index is 9.86. The lowest BCUT2D eigenvalue weighted by molar-refractivity contribution is -0.209. The van der Waals surface area contributed by atoms with Crippen LogP contribution in [0.5, 0.6) is 0 Å². The van der Waals surface area contributed by atoms with Gasteiger partial charge >= 0.3 is 0 Å². The summed E-state index contributed by atoms with van der Waals surface area (Å²) in [7, 11) is 0. The van der Waals surface area contributed by atoms with Gasteiger partial charge in [-0.25, -0.2) is 0 Å². The first-order chi connectivity index (χ1) is 7.03. The monoisotopic (exact) mass is 216 g/mol. The van der Waals surface area contributed by atoms with Crippen molar-refractivity contribution in [2.45, 2.75) is 44.2 Å². The molecule has 2 heterocycles. The molecule has 0 aliphatic carbocycles. The van der Waals surface area contributed by atoms with Gasteiger partial charge in [0.2, 0.25) is 0 Å². The highest BCUT2D eigenvalue weighted by molar-refractivity contribution is 5.02. The topological polar surface area (TPSA) is 68.2 Å². The predicted octanol–water partition coefficient (Wildman–Crippen LogP) is -0.228. The molecule has 86 valence electrons. The zero-order chi connectivity index (χ0) is 11.1. The third kappa shape index (κ3) is 2.07. The first kappa shape index (κ1) is 11.0. The van der Waals surface area contributed by atoms with Crippen LogP contribution in [0.3, 0.4) is 0 Å². The third-order valence-corrected chi connectivity index (χ3v) is 2.48. The van der Waals surface area contributed by atoms with E-state index in [1.807, 2.05) is 0 Å². The normalized spacial score (nSPS) is 43.7. The molecule has 0 spiro atoms. The highest BCUT2D eigenvalue weighted by atomic mass is 16.8. The van der Waals surface area contributed by atoms with Crippen LogP contribution in [0.4, 0.5) is 0 Å². The first-order valence-electron chi connectivity index (χ1n) is 5.00. The average molecular weight is 216 g/mol. The van der Waals surface area contributed by atoms with E-state index in [1.54, 1.807) is 19.9 Å². The Bertz CT molecular complexity index is 263. The van der Waals surface area contributed by atoms with Crippen molar-refractivity contribution in [3.8, 4) is 0 Å². The lowest BCUT2D eigenvalue weighted by Gasteiger charge is -2.21. The van der Waals surface area contributed by atoms with E-state index in [4.69, 9.17) is 19.3 Å². The molecule has 5 heteroatoms. The Labute approximate surface area is 88.3 Å². The molecule has 2 rings (SSSR count). The Hall–Kier alpha value is -0.460. The van der Waals surface area contributed by atoms with Crippen LogP contribution in [-0.4, -0.2) is 47.2 Å². The Kier molecular flexibility index (Phi) is 2.83. The van der Waals surface area contributed by atoms with Gasteiger partial charge in [-0.2, -0.15) is 0 Å². The van der Waals surface area contributed by atoms with Crippen molar-refractivity contribution in [3.63, 3.8) is 0 Å². The molecule has 0 radical (unpaired) electrons. The van der Waals surface area contributed by atoms with Crippen molar-refractivity contribution in [1.29, 1.82) is 0 Å². The zero-order valence-electron chi connectivity index (χ0n) is 8.79. The molecule has 2 aliphatic rings. The molecule has 0 saturated carbocycles. The fourth-order valence-electron chi connectivity index (χ4n) is 1.87. The summed E-state index contributed by atoms with van der Waals surface area (Å²) in [6.07, 6.45) is 0.947. The third-order valence-electron chi connectivity index (χ3n) is 2.48. The summed E-state index contributed by atoms with van der Waals surface area (Å²) in [6.45, 7) is 3.48. The quantitative estimate of drug-likeness (QED) is 0.624. The van der Waals surface area contributed by atoms with Gasteiger partial charge in [-0.3, -0.25) is 0 Å². The number of ether oxygens (including phenoxy) is 3. The van der Waals surface area contributed by atoms with Crippen molar-refractivity contribution in [2.24, 2.45) is 0 Å². The fraction of sp³-hybridized carbons (Fsp3) is 0.800. The van der Waals surface area contributed by atoms with E-state index >= 15 is 0 Å². The minimum atomic E-state index is -0.750. The predicted molar refractivity (Wildman–Crippen MR) is 50.9 cm³/mol. The van der Waals surface area contributed by atoms with Crippen LogP contribution >= 0.6 is 0 Å². The van der Waals surface area contributed by atoms with E-state index in [-0.39, 0.29) is 6.61 Å². The molecule has 0 unspecified atom stereocenters. The van der Waals surface area contributed by atoms with E-state index in [0.717, 1.165) is 0 Å². The molecule has 5 nitrogen and oxygen atoms in total. The summed E-state index contributed by atoms with van der Waals surface area (Å²) in [5.41, 5.74) is 0. The number of hydrogen-bond donors (Lipinski definition) is 2. The van der Waals surface area contributed by atoms with Gasteiger partial charge in [-0.1, -0.05) is 12.2 Å². The van der Waals surface area contributed by atoms with Crippen LogP contribution in [0.2, 0.25) is 0 Å². The molecule has 2 N–H and O–H groups in total. The second kappa shape index (κ2) is 3.84. The Balaban J connectivity index is 2.01. The summed E-state index contributed by atoms with van der Waals surface area (Å²) in [5, 5.41) is 18.5. The van der Waals surface area contributed by atoms with Crippen molar-refractivity contribution in [3.05, 3.63) is 12.2 Å². The highest BCUT2D eigenvalue weighted by Gasteiger charge is 2.53. The number of fused-ring (bicyclic) bond motifs is 1. The fourth-order valence-corrected chi connectivity index (χ4v) is 1.87. The van der Waals surface area contributed by atoms with Gasteiger partial charge in [-0.15, -0.1) is 0 Å². The molecule has 2 fully saturated rings. The molecule has 0 aromatic carbocycles. The summed E-state index contributed by atoms with van der Waals surface area (Å²) in [5.74, 6) is -0.706. The van der Waals surface area contributed by atoms with Crippen LogP contribution in [0.15, 0.2) is 12.2 Å². The lowest BCUT2D eigenvalue weighted by Crippen LogP contribution is -2.33. The standard InChI is InChI=1S/C10H16O5/c1-10(2)14-8-7(12)6(4-3-5-11)13-9(8)15-10/h3-4,6-9,11-12H,5H2,1-2H3/b4-3-/t6-,7-,8-,9-/m1/s1. The van der Waals surface area contributed by atoms with Crippen LogP contribution in [0, 0.1) is 0 Å². The van der Waals surface area contributed by atoms with Gasteiger partial charge in [-0.05, 0) is 13.8 Å². The smallest absolute Gasteiger partial charge is 0.190 e. The van der Waals surface area contributed by atoms with Crippen molar-refractivity contribution in [2.75, 3.05) is 6.61 Å². The van der Waals surface area contributed by atoms with Gasteiger partial charge in [0.05, 0.1) is 6.61 Å². The molecule has 0 aromatic heterocycles. The minimum absolute atomic E-state index is 0.0743. The minimum Gasteiger partial charge on any atom is -0.392 e. The molecule has 4 atom stereocenters. The Morgan fingerprint density at radius 3 is 2.67 bits per heavy atom. The van der Waals surface area contributed by atoms with E-state index in [2.05, 4.69) is 0 Å². The Morgan fingerprint density at radius 1 is 1.33 bits per heavy atom. The van der Waals surface area contributed by atoms with E-state index < -0.39 is 30.4 Å². The zero-order valence-corrected chi connectivity index (χ0v) is 8.79. The van der Waals surface area contributed by atoms with Crippen molar-refractivity contribution >= 4 is 0 Å². The number of rotatable bonds is 2. The summed E-state index contributed by atoms with van der Waals surface area (Å²) in [4.78, 5) is 0. The SMILES string of the molecule is CC1(C)O[C@H]2O[C@H](/C=C\CO)[C@@H](O)[C@H]2O1. The van der Waals surface area contributed by atoms with Gasteiger partial charge in [0, 0.05) is 0 Å². The summed E-state index contributed by atoms with van der Waals surface area (Å²) >= 11 is 0. The number of aliphatic hydroxyl groups is 2. The van der Waals surface area contributed by atoms with E-state index in [1.165, 1.54) is 6.08 Å². The second-order valence-corrected chi connectivity index (χ2v) is 4.17. The van der Waals surface area contributed by atoms with Gasteiger partial charge < -0.3 is 24.4 Å². The molecular formula is C10H16O5. The van der Waals surface area contributed by atoms with Crippen LogP contribution < -0.4 is 0 Å². The van der Waals surface area contributed by atoms with E-state index in [0.29, 0.717) is 0 Å². The Morgan fingerprint density at radius 2 is 2.07 bits per heavy atom. The summed E-state index contributed by atoms with van der Waals surface area (Å²) in [6, 6.07) is 0. The van der Waals surface area contributed by atoms with Crippen LogP contribution in [0.25, 0.3) is 0 Å². The second-order valence-electron chi connectivity index (χ2n) is 4.17. The molecule has 0 aromatic rings. The number of hydrogen-bond acceptors (Lipinski definition) is 5. The molecule has 0 amide bonds. The van der Waals surface area contributed by atoms with Gasteiger partial charge in [0.1, 0.15) is 18.3 Å². The maximum atomic E-state index is 9.86. The van der Waals surface area contributed by atoms with Crippen LogP contribution in [-0.2, 0) is 14.2 Å². The largest absolute Gasteiger partial charge is 0.392 e. The first-order valence-corrected chi connectivity index (χ1v) is 5.00. The average Bonchev–Trinajstić information content (AvgIpc) is 2.58. The molecule has 2 saturated heterocycles. The van der Waals surface area contributed by atoms with E-state index in [9.17, 15) is 5.11 Å². The number of aliphatic hydroxyl groups excluding tert-OH is 2. The lowest BCUT2D eigenvalue weighted by atomic mass is 10.1. The van der Waals surface area contributed by atoms with Crippen molar-refractivity contribution in [1.82, 2.24) is 0 Å². The molecule has 0 bridgehead atoms. The maximum Gasteiger partial charge on any atom is 0.190 e. The summed E-state index contributed by atoms with van der Waals surface area (Å²) < 4.78 is 16.4. The molecule has 15 heavy (non-hydrogen) atoms. The molecular weight excluding hydrogens is 200 g/mol. The highest BCUT2D eigenvalue weighted by Crippen LogP contribution is 2.37. The van der Waals surface area contributed by atoms with Crippen molar-refractivity contribution < 1.29 is 24.4 Å². The van der Waals surface area contributed by atoms with Gasteiger partial charge in [0.25, 0.3) is 0 Å². The van der Waals surface area contributed by atoms with Crippen LogP contribution in [0.1, 0.15) is 13.8 Å².